The first-order valence-corrected chi connectivity index (χ1v) is 7.44. The lowest BCUT2D eigenvalue weighted by Crippen LogP contribution is -2.34. The molecule has 0 radical (unpaired) electrons. The Morgan fingerprint density at radius 2 is 2.09 bits per heavy atom. The topological polar surface area (TPSA) is 87.5 Å². The maximum Gasteiger partial charge on any atom is 0.277 e. The van der Waals surface area contributed by atoms with Crippen LogP contribution in [0.3, 0.4) is 0 Å². The summed E-state index contributed by atoms with van der Waals surface area (Å²) in [6.07, 6.45) is 3.02. The van der Waals surface area contributed by atoms with E-state index in [2.05, 4.69) is 24.3 Å². The molecule has 0 bridgehead atoms. The molecule has 1 aliphatic rings. The fourth-order valence-electron chi connectivity index (χ4n) is 2.61. The molecule has 0 unspecified atom stereocenters. The van der Waals surface area contributed by atoms with E-state index in [4.69, 9.17) is 5.11 Å². The Kier molecular flexibility index (Phi) is 3.87. The number of amides is 2. The van der Waals surface area contributed by atoms with Gasteiger partial charge in [0.25, 0.3) is 11.8 Å². The van der Waals surface area contributed by atoms with Crippen molar-refractivity contribution in [2.75, 3.05) is 18.5 Å². The Bertz CT molecular complexity index is 807. The van der Waals surface area contributed by atoms with E-state index in [1.54, 1.807) is 6.20 Å². The van der Waals surface area contributed by atoms with Gasteiger partial charge < -0.3 is 10.4 Å². The highest BCUT2D eigenvalue weighted by atomic mass is 16.3. The van der Waals surface area contributed by atoms with Crippen LogP contribution in [-0.2, 0) is 9.59 Å². The number of imide groups is 1. The Morgan fingerprint density at radius 3 is 2.78 bits per heavy atom. The van der Waals surface area contributed by atoms with Gasteiger partial charge in [-0.2, -0.15) is 5.10 Å². The minimum atomic E-state index is -0.429. The zero-order valence-corrected chi connectivity index (χ0v) is 13.0. The zero-order valence-electron chi connectivity index (χ0n) is 13.0. The number of fused-ring (bicyclic) bond motifs is 1. The van der Waals surface area contributed by atoms with Gasteiger partial charge in [0.1, 0.15) is 5.70 Å². The number of benzene rings is 1. The summed E-state index contributed by atoms with van der Waals surface area (Å²) in [7, 11) is 0. The second-order valence-corrected chi connectivity index (χ2v) is 5.66. The molecule has 0 saturated carbocycles. The van der Waals surface area contributed by atoms with Gasteiger partial charge in [-0.05, 0) is 32.0 Å². The molecule has 1 aliphatic heterocycles. The zero-order chi connectivity index (χ0) is 16.6. The van der Waals surface area contributed by atoms with Crippen molar-refractivity contribution in [1.82, 2.24) is 14.7 Å². The summed E-state index contributed by atoms with van der Waals surface area (Å²) < 4.78 is 1.92. The van der Waals surface area contributed by atoms with Gasteiger partial charge in [-0.3, -0.25) is 19.2 Å². The fraction of sp³-hybridized carbons (Fsp3) is 0.312. The predicted octanol–water partition coefficient (Wildman–Crippen LogP) is 1.27. The van der Waals surface area contributed by atoms with Gasteiger partial charge >= 0.3 is 0 Å². The molecule has 0 saturated heterocycles. The van der Waals surface area contributed by atoms with Crippen molar-refractivity contribution in [2.24, 2.45) is 0 Å². The number of carbonyl (C=O) groups excluding carboxylic acids is 2. The van der Waals surface area contributed by atoms with Crippen LogP contribution in [0.2, 0.25) is 0 Å². The number of carbonyl (C=O) groups is 2. The Hall–Kier alpha value is -2.67. The van der Waals surface area contributed by atoms with E-state index < -0.39 is 11.8 Å². The first-order chi connectivity index (χ1) is 11.0. The lowest BCUT2D eigenvalue weighted by Gasteiger charge is -2.13. The van der Waals surface area contributed by atoms with Crippen LogP contribution in [0.25, 0.3) is 10.9 Å². The van der Waals surface area contributed by atoms with Crippen molar-refractivity contribution in [2.45, 2.75) is 19.9 Å². The van der Waals surface area contributed by atoms with Crippen molar-refractivity contribution in [3.63, 3.8) is 0 Å². The molecule has 7 heteroatoms. The van der Waals surface area contributed by atoms with E-state index in [0.29, 0.717) is 5.69 Å². The molecule has 2 heterocycles. The lowest BCUT2D eigenvalue weighted by molar-refractivity contribution is -0.137. The van der Waals surface area contributed by atoms with E-state index in [1.165, 1.54) is 6.08 Å². The molecule has 2 amide bonds. The number of aliphatic hydroxyl groups is 1. The lowest BCUT2D eigenvalue weighted by atomic mass is 10.2. The molecule has 0 aliphatic carbocycles. The Balaban J connectivity index is 1.84. The summed E-state index contributed by atoms with van der Waals surface area (Å²) in [6.45, 7) is 3.86. The third-order valence-corrected chi connectivity index (χ3v) is 3.70. The van der Waals surface area contributed by atoms with Gasteiger partial charge in [0.05, 0.1) is 24.9 Å². The smallest absolute Gasteiger partial charge is 0.277 e. The van der Waals surface area contributed by atoms with E-state index in [-0.39, 0.29) is 24.9 Å². The van der Waals surface area contributed by atoms with Crippen LogP contribution in [0.5, 0.6) is 0 Å². The van der Waals surface area contributed by atoms with Crippen molar-refractivity contribution >= 4 is 28.4 Å². The molecule has 2 N–H and O–H groups in total. The minimum absolute atomic E-state index is 0.000456. The molecule has 7 nitrogen and oxygen atoms in total. The first kappa shape index (κ1) is 15.2. The maximum absolute atomic E-state index is 12.1. The second kappa shape index (κ2) is 5.85. The van der Waals surface area contributed by atoms with Crippen LogP contribution in [0.15, 0.2) is 36.2 Å². The normalized spacial score (nSPS) is 15.0. The van der Waals surface area contributed by atoms with Crippen molar-refractivity contribution in [1.29, 1.82) is 0 Å². The molecule has 23 heavy (non-hydrogen) atoms. The van der Waals surface area contributed by atoms with Crippen LogP contribution in [0.1, 0.15) is 19.9 Å². The van der Waals surface area contributed by atoms with Crippen molar-refractivity contribution in [3.8, 4) is 0 Å². The number of rotatable bonds is 5. The third-order valence-electron chi connectivity index (χ3n) is 3.70. The highest BCUT2D eigenvalue weighted by Crippen LogP contribution is 2.23. The SMILES string of the molecule is CC(C)n1ncc2cc(NC3=CC(=O)N(CCO)C3=O)ccc21. The molecule has 1 aromatic carbocycles. The first-order valence-electron chi connectivity index (χ1n) is 7.44. The number of nitrogens with one attached hydrogen (secondary N) is 1. The standard InChI is InChI=1S/C16H18N4O3/c1-10(2)20-14-4-3-12(7-11(14)9-17-20)18-13-8-15(22)19(5-6-21)16(13)23/h3-4,7-10,18,21H,5-6H2,1-2H3. The summed E-state index contributed by atoms with van der Waals surface area (Å²) in [4.78, 5) is 24.9. The van der Waals surface area contributed by atoms with Crippen LogP contribution >= 0.6 is 0 Å². The monoisotopic (exact) mass is 314 g/mol. The molecule has 0 fully saturated rings. The average molecular weight is 314 g/mol. The average Bonchev–Trinajstić information content (AvgIpc) is 3.04. The highest BCUT2D eigenvalue weighted by molar-refractivity contribution is 6.17. The van der Waals surface area contributed by atoms with E-state index >= 15 is 0 Å². The number of anilines is 1. The van der Waals surface area contributed by atoms with Crippen LogP contribution in [0, 0.1) is 0 Å². The maximum atomic E-state index is 12.1. The van der Waals surface area contributed by atoms with Gasteiger partial charge in [0.2, 0.25) is 0 Å². The van der Waals surface area contributed by atoms with Gasteiger partial charge in [0.15, 0.2) is 0 Å². The van der Waals surface area contributed by atoms with Crippen molar-refractivity contribution in [3.05, 3.63) is 36.2 Å². The van der Waals surface area contributed by atoms with Crippen molar-refractivity contribution < 1.29 is 14.7 Å². The van der Waals surface area contributed by atoms with Gasteiger partial charge in [-0.15, -0.1) is 0 Å². The van der Waals surface area contributed by atoms with E-state index in [0.717, 1.165) is 15.8 Å². The summed E-state index contributed by atoms with van der Waals surface area (Å²) in [5, 5.41) is 17.2. The Morgan fingerprint density at radius 1 is 1.30 bits per heavy atom. The second-order valence-electron chi connectivity index (χ2n) is 5.66. The Labute approximate surface area is 133 Å². The number of β-amino-alcohol motifs (C(OH)–C–C–N with tert-alkyl or cyclic N) is 1. The van der Waals surface area contributed by atoms with E-state index in [1.807, 2.05) is 22.9 Å². The molecule has 0 atom stereocenters. The highest BCUT2D eigenvalue weighted by Gasteiger charge is 2.30. The number of aromatic nitrogens is 2. The molecule has 3 rings (SSSR count). The summed E-state index contributed by atoms with van der Waals surface area (Å²) >= 11 is 0. The summed E-state index contributed by atoms with van der Waals surface area (Å²) in [6, 6.07) is 5.91. The summed E-state index contributed by atoms with van der Waals surface area (Å²) in [5.74, 6) is -0.845. The number of hydrogen-bond donors (Lipinski definition) is 2. The largest absolute Gasteiger partial charge is 0.395 e. The molecule has 1 aromatic heterocycles. The molecule has 2 aromatic rings. The van der Waals surface area contributed by atoms with E-state index in [9.17, 15) is 9.59 Å². The van der Waals surface area contributed by atoms with Gasteiger partial charge in [-0.1, -0.05) is 0 Å². The molecule has 0 spiro atoms. The number of aliphatic hydroxyl groups excluding tert-OH is 1. The van der Waals surface area contributed by atoms with Crippen LogP contribution in [0.4, 0.5) is 5.69 Å². The minimum Gasteiger partial charge on any atom is -0.395 e. The predicted molar refractivity (Wildman–Crippen MR) is 85.6 cm³/mol. The van der Waals surface area contributed by atoms with Gasteiger partial charge in [0, 0.05) is 23.2 Å². The van der Waals surface area contributed by atoms with Gasteiger partial charge in [-0.25, -0.2) is 0 Å². The quantitative estimate of drug-likeness (QED) is 0.812. The number of nitrogens with zero attached hydrogens (tertiary/aromatic N) is 3. The molecular formula is C16H18N4O3. The van der Waals surface area contributed by atoms with Crippen LogP contribution < -0.4 is 5.32 Å². The molecule has 120 valence electrons. The van der Waals surface area contributed by atoms with Crippen LogP contribution in [-0.4, -0.2) is 44.8 Å². The molecular weight excluding hydrogens is 296 g/mol. The fourth-order valence-corrected chi connectivity index (χ4v) is 2.61. The number of hydrogen-bond acceptors (Lipinski definition) is 5. The third kappa shape index (κ3) is 2.70. The summed E-state index contributed by atoms with van der Waals surface area (Å²) in [5.41, 5.74) is 1.92.